The van der Waals surface area contributed by atoms with Crippen molar-refractivity contribution in [3.8, 4) is 17.1 Å². The Morgan fingerprint density at radius 2 is 1.86 bits per heavy atom. The number of aliphatic hydroxyl groups is 3. The molecule has 0 unspecified atom stereocenters. The van der Waals surface area contributed by atoms with Crippen LogP contribution in [0.5, 0.6) is 5.75 Å². The van der Waals surface area contributed by atoms with Crippen LogP contribution in [0.4, 0.5) is 5.69 Å². The highest BCUT2D eigenvalue weighted by Crippen LogP contribution is 2.55. The quantitative estimate of drug-likeness (QED) is 0.193. The van der Waals surface area contributed by atoms with Gasteiger partial charge in [-0.2, -0.15) is 0 Å². The highest BCUT2D eigenvalue weighted by molar-refractivity contribution is 6.24. The summed E-state index contributed by atoms with van der Waals surface area (Å²) in [5, 5.41) is 49.4. The van der Waals surface area contributed by atoms with E-state index in [4.69, 9.17) is 10.2 Å². The molecule has 0 saturated heterocycles. The molecule has 7 N–H and O–H groups in total. The van der Waals surface area contributed by atoms with E-state index >= 15 is 0 Å². The summed E-state index contributed by atoms with van der Waals surface area (Å²) < 4.78 is 6.00. The summed E-state index contributed by atoms with van der Waals surface area (Å²) in [5.41, 5.74) is 3.22. The Morgan fingerprint density at radius 1 is 1.16 bits per heavy atom. The van der Waals surface area contributed by atoms with Gasteiger partial charge in [0.2, 0.25) is 5.78 Å². The van der Waals surface area contributed by atoms with E-state index in [1.54, 1.807) is 32.3 Å². The third-order valence-corrected chi connectivity index (χ3v) is 8.83. The monoisotopic (exact) mass is 594 g/mol. The first kappa shape index (κ1) is 30.3. The number of carbonyl (C=O) groups excluding carboxylic acids is 3. The Labute approximate surface area is 249 Å². The SMILES string of the molecule is CCCNCc1ccc(-c2cc(N(C)C)c3c(c2O)C(O)=C2C(=O)[C@]4(O)C(O)=C(C(N)=O)C(=O)[C@@H](N(C)C)[C@@H]4C[C@@H]2C3)o1. The molecule has 3 aliphatic rings. The van der Waals surface area contributed by atoms with Crippen molar-refractivity contribution in [2.45, 2.75) is 44.4 Å². The maximum Gasteiger partial charge on any atom is 0.255 e. The second kappa shape index (κ2) is 10.9. The molecule has 4 atom stereocenters. The number of Topliss-reactive ketones (excluding diaryl/α,β-unsaturated/α-hetero) is 2. The number of rotatable bonds is 8. The van der Waals surface area contributed by atoms with Crippen LogP contribution >= 0.6 is 0 Å². The van der Waals surface area contributed by atoms with Gasteiger partial charge in [0.05, 0.1) is 23.7 Å². The average Bonchev–Trinajstić information content (AvgIpc) is 3.39. The lowest BCUT2D eigenvalue weighted by molar-refractivity contribution is -0.153. The molecule has 12 heteroatoms. The van der Waals surface area contributed by atoms with Gasteiger partial charge in [0.25, 0.3) is 5.91 Å². The van der Waals surface area contributed by atoms with Gasteiger partial charge in [-0.25, -0.2) is 0 Å². The summed E-state index contributed by atoms with van der Waals surface area (Å²) in [7, 11) is 6.76. The first-order valence-electron chi connectivity index (χ1n) is 14.3. The molecule has 12 nitrogen and oxygen atoms in total. The molecule has 0 aliphatic heterocycles. The normalized spacial score (nSPS) is 25.1. The summed E-state index contributed by atoms with van der Waals surface area (Å²) in [6.45, 7) is 3.36. The van der Waals surface area contributed by atoms with Gasteiger partial charge in [-0.15, -0.1) is 0 Å². The van der Waals surface area contributed by atoms with E-state index in [1.165, 1.54) is 4.90 Å². The molecule has 1 heterocycles. The van der Waals surface area contributed by atoms with E-state index in [2.05, 4.69) is 12.2 Å². The second-order valence-electron chi connectivity index (χ2n) is 11.9. The molecular formula is C31H38N4O8. The standard InChI is InChI=1S/C31H38N4O8/c1-6-9-33-13-15-7-8-20(43-15)17-12-19(34(2)3)16-10-14-11-18-24(35(4)5)27(38)23(30(32)41)29(40)31(18,42)28(39)21(14)26(37)22(16)25(17)36/h7-8,12,14,18,24,33,36-37,40,42H,6,9-11,13H2,1-5H3,(H2,32,41)/t14-,18-,24-,31-/m0/s1. The zero-order chi connectivity index (χ0) is 31.5. The predicted molar refractivity (Wildman–Crippen MR) is 158 cm³/mol. The smallest absolute Gasteiger partial charge is 0.255 e. The Bertz CT molecular complexity index is 1590. The number of fused-ring (bicyclic) bond motifs is 3. The largest absolute Gasteiger partial charge is 0.508 e. The Hall–Kier alpha value is -4.13. The number of nitrogens with zero attached hydrogens (tertiary/aromatic N) is 2. The second-order valence-corrected chi connectivity index (χ2v) is 11.9. The molecule has 0 bridgehead atoms. The molecule has 2 aromatic rings. The third kappa shape index (κ3) is 4.52. The number of aromatic hydroxyl groups is 1. The van der Waals surface area contributed by atoms with Gasteiger partial charge in [0, 0.05) is 31.3 Å². The highest BCUT2D eigenvalue weighted by atomic mass is 16.4. The number of primary amides is 1. The fourth-order valence-electron chi connectivity index (χ4n) is 6.88. The van der Waals surface area contributed by atoms with Gasteiger partial charge >= 0.3 is 0 Å². The third-order valence-electron chi connectivity index (χ3n) is 8.83. The minimum Gasteiger partial charge on any atom is -0.508 e. The van der Waals surface area contributed by atoms with E-state index < -0.39 is 58.0 Å². The molecule has 0 spiro atoms. The van der Waals surface area contributed by atoms with Crippen LogP contribution in [0.15, 0.2) is 39.5 Å². The molecule has 230 valence electrons. The summed E-state index contributed by atoms with van der Waals surface area (Å²) >= 11 is 0. The number of aliphatic hydroxyl groups excluding tert-OH is 2. The van der Waals surface area contributed by atoms with E-state index in [-0.39, 0.29) is 29.7 Å². The van der Waals surface area contributed by atoms with Crippen molar-refractivity contribution in [2.24, 2.45) is 17.6 Å². The topological polar surface area (TPSA) is 190 Å². The molecule has 1 fully saturated rings. The lowest BCUT2D eigenvalue weighted by Gasteiger charge is -2.50. The molecule has 0 radical (unpaired) electrons. The van der Waals surface area contributed by atoms with Crippen LogP contribution in [0, 0.1) is 11.8 Å². The number of anilines is 1. The van der Waals surface area contributed by atoms with Crippen molar-refractivity contribution in [3.05, 3.63) is 52.0 Å². The Morgan fingerprint density at radius 3 is 2.47 bits per heavy atom. The van der Waals surface area contributed by atoms with Crippen molar-refractivity contribution in [2.75, 3.05) is 39.6 Å². The molecule has 5 rings (SSSR count). The van der Waals surface area contributed by atoms with Gasteiger partial charge in [0.1, 0.15) is 34.4 Å². The zero-order valence-corrected chi connectivity index (χ0v) is 24.9. The van der Waals surface area contributed by atoms with Crippen LogP contribution in [0.25, 0.3) is 17.1 Å². The van der Waals surface area contributed by atoms with Gasteiger partial charge in [-0.1, -0.05) is 6.92 Å². The summed E-state index contributed by atoms with van der Waals surface area (Å²) in [4.78, 5) is 42.9. The minimum atomic E-state index is -2.69. The van der Waals surface area contributed by atoms with Gasteiger partial charge in [-0.05, 0) is 69.6 Å². The molecule has 3 aliphatic carbocycles. The number of furan rings is 1. The predicted octanol–water partition coefficient (Wildman–Crippen LogP) is 1.79. The van der Waals surface area contributed by atoms with Crippen LogP contribution < -0.4 is 16.0 Å². The number of nitrogens with one attached hydrogen (secondary N) is 1. The van der Waals surface area contributed by atoms with Crippen LogP contribution in [0.2, 0.25) is 0 Å². The first-order valence-corrected chi connectivity index (χ1v) is 14.3. The number of likely N-dealkylation sites (N-methyl/N-ethyl adjacent to an activating group) is 1. The number of ketones is 2. The van der Waals surface area contributed by atoms with Gasteiger partial charge in [-0.3, -0.25) is 19.3 Å². The Balaban J connectivity index is 1.69. The first-order chi connectivity index (χ1) is 20.2. The molecule has 1 saturated carbocycles. The van der Waals surface area contributed by atoms with Gasteiger partial charge < -0.3 is 40.8 Å². The number of amides is 1. The van der Waals surface area contributed by atoms with E-state index in [0.29, 0.717) is 34.9 Å². The van der Waals surface area contributed by atoms with Crippen LogP contribution in [0.3, 0.4) is 0 Å². The van der Waals surface area contributed by atoms with E-state index in [1.807, 2.05) is 19.0 Å². The van der Waals surface area contributed by atoms with E-state index in [9.17, 15) is 34.8 Å². The summed E-state index contributed by atoms with van der Waals surface area (Å²) in [6, 6.07) is 4.13. The lowest BCUT2D eigenvalue weighted by atomic mass is 9.57. The maximum absolute atomic E-state index is 14.1. The van der Waals surface area contributed by atoms with Crippen LogP contribution in [-0.4, -0.2) is 89.2 Å². The number of phenols is 1. The molecular weight excluding hydrogens is 556 g/mol. The zero-order valence-electron chi connectivity index (χ0n) is 24.9. The highest BCUT2D eigenvalue weighted by Gasteiger charge is 2.64. The Kier molecular flexibility index (Phi) is 7.66. The number of benzene rings is 1. The molecule has 1 aromatic heterocycles. The van der Waals surface area contributed by atoms with Crippen molar-refractivity contribution >= 4 is 28.9 Å². The fraction of sp³-hybridized carbons (Fsp3) is 0.452. The van der Waals surface area contributed by atoms with Crippen LogP contribution in [0.1, 0.15) is 36.7 Å². The molecule has 43 heavy (non-hydrogen) atoms. The minimum absolute atomic E-state index is 0.0135. The number of phenolic OH excluding ortho intramolecular Hbond substituents is 1. The van der Waals surface area contributed by atoms with E-state index in [0.717, 1.165) is 13.0 Å². The number of carbonyl (C=O) groups is 3. The molecule has 1 amide bonds. The average molecular weight is 595 g/mol. The van der Waals surface area contributed by atoms with Crippen molar-refractivity contribution < 1.29 is 39.2 Å². The maximum atomic E-state index is 14.1. The van der Waals surface area contributed by atoms with Crippen molar-refractivity contribution in [1.82, 2.24) is 10.2 Å². The lowest BCUT2D eigenvalue weighted by Crippen LogP contribution is -2.65. The van der Waals surface area contributed by atoms with Gasteiger partial charge in [0.15, 0.2) is 11.4 Å². The van der Waals surface area contributed by atoms with Crippen molar-refractivity contribution in [1.29, 1.82) is 0 Å². The summed E-state index contributed by atoms with van der Waals surface area (Å²) in [5.74, 6) is -5.87. The number of hydrogen-bond acceptors (Lipinski definition) is 11. The number of hydrogen-bond donors (Lipinski definition) is 6. The van der Waals surface area contributed by atoms with Crippen molar-refractivity contribution in [3.63, 3.8) is 0 Å². The number of nitrogens with two attached hydrogens (primary N) is 1. The fourth-order valence-corrected chi connectivity index (χ4v) is 6.88. The summed E-state index contributed by atoms with van der Waals surface area (Å²) in [6.07, 6.45) is 1.17. The molecule has 1 aromatic carbocycles. The van der Waals surface area contributed by atoms with Crippen LogP contribution in [-0.2, 0) is 27.3 Å².